The first-order chi connectivity index (χ1) is 9.93. The number of sulfonamides is 1. The van der Waals surface area contributed by atoms with Crippen molar-refractivity contribution in [3.05, 3.63) is 65.2 Å². The summed E-state index contributed by atoms with van der Waals surface area (Å²) >= 11 is 12.1. The molecule has 0 aliphatic rings. The van der Waals surface area contributed by atoms with E-state index in [-0.39, 0.29) is 10.1 Å². The zero-order chi connectivity index (χ0) is 15.5. The van der Waals surface area contributed by atoms with Crippen LogP contribution in [0.3, 0.4) is 0 Å². The third kappa shape index (κ3) is 3.56. The number of hydrazone groups is 1. The van der Waals surface area contributed by atoms with Crippen LogP contribution in [0.1, 0.15) is 5.56 Å². The van der Waals surface area contributed by atoms with Crippen LogP contribution < -0.4 is 0 Å². The van der Waals surface area contributed by atoms with E-state index in [2.05, 4.69) is 5.10 Å². The lowest BCUT2D eigenvalue weighted by molar-refractivity contribution is 0.490. The highest BCUT2D eigenvalue weighted by atomic mass is 35.5. The van der Waals surface area contributed by atoms with Crippen LogP contribution in [-0.2, 0) is 10.0 Å². The van der Waals surface area contributed by atoms with E-state index >= 15 is 0 Å². The molecule has 110 valence electrons. The summed E-state index contributed by atoms with van der Waals surface area (Å²) in [6.07, 6.45) is 0. The quantitative estimate of drug-likeness (QED) is 0.630. The summed E-state index contributed by atoms with van der Waals surface area (Å²) in [5.74, 6) is 0. The molecule has 2 aromatic rings. The van der Waals surface area contributed by atoms with Crippen LogP contribution in [0.2, 0.25) is 5.02 Å². The predicted octanol–water partition coefficient (Wildman–Crippen LogP) is 3.56. The Morgan fingerprint density at radius 3 is 2.24 bits per heavy atom. The Kier molecular flexibility index (Phi) is 4.88. The second-order valence-electron chi connectivity index (χ2n) is 4.12. The number of benzene rings is 2. The molecule has 0 amide bonds. The second-order valence-corrected chi connectivity index (χ2v) is 6.84. The van der Waals surface area contributed by atoms with E-state index in [1.807, 2.05) is 0 Å². The van der Waals surface area contributed by atoms with Crippen LogP contribution in [0.5, 0.6) is 0 Å². The first-order valence-electron chi connectivity index (χ1n) is 5.96. The molecule has 0 heterocycles. The smallest absolute Gasteiger partial charge is 0.200 e. The Balaban J connectivity index is 2.35. The maximum atomic E-state index is 12.3. The molecule has 0 aliphatic heterocycles. The molecule has 0 radical (unpaired) electrons. The molecule has 0 spiro atoms. The molecule has 0 saturated heterocycles. The third-order valence-corrected chi connectivity index (χ3v) is 4.97. The van der Waals surface area contributed by atoms with E-state index in [0.717, 1.165) is 4.41 Å². The minimum absolute atomic E-state index is 0.00241. The average Bonchev–Trinajstić information content (AvgIpc) is 2.48. The first kappa shape index (κ1) is 15.8. The number of hydrogen-bond acceptors (Lipinski definition) is 3. The van der Waals surface area contributed by atoms with Crippen LogP contribution in [0.15, 0.2) is 64.6 Å². The first-order valence-corrected chi connectivity index (χ1v) is 8.15. The molecule has 0 saturated carbocycles. The molecule has 0 atom stereocenters. The summed E-state index contributed by atoms with van der Waals surface area (Å²) in [5.41, 5.74) is 0.468. The van der Waals surface area contributed by atoms with Crippen molar-refractivity contribution in [2.45, 2.75) is 4.90 Å². The van der Waals surface area contributed by atoms with E-state index in [4.69, 9.17) is 23.2 Å². The molecule has 0 unspecified atom stereocenters. The topological polar surface area (TPSA) is 49.7 Å². The van der Waals surface area contributed by atoms with Gasteiger partial charge in [0.2, 0.25) is 0 Å². The van der Waals surface area contributed by atoms with Gasteiger partial charge in [0.1, 0.15) is 0 Å². The van der Waals surface area contributed by atoms with Gasteiger partial charge < -0.3 is 0 Å². The molecule has 2 rings (SSSR count). The fraction of sp³-hybridized carbons (Fsp3) is 0.0714. The molecule has 0 N–H and O–H groups in total. The van der Waals surface area contributed by atoms with Crippen molar-refractivity contribution in [2.75, 3.05) is 7.05 Å². The van der Waals surface area contributed by atoms with Crippen LogP contribution in [0, 0.1) is 0 Å². The van der Waals surface area contributed by atoms with Gasteiger partial charge in [-0.25, -0.2) is 0 Å². The largest absolute Gasteiger partial charge is 0.278 e. The van der Waals surface area contributed by atoms with Crippen molar-refractivity contribution in [2.24, 2.45) is 5.10 Å². The van der Waals surface area contributed by atoms with Crippen molar-refractivity contribution in [1.29, 1.82) is 0 Å². The standard InChI is InChI=1S/C14H12Cl2N2O2S/c1-18(21(19,20)11-7-3-2-4-8-11)17-14(16)12-9-5-6-10-13(12)15/h2-10H,1H3/b17-14-. The Bertz CT molecular complexity index is 762. The van der Waals surface area contributed by atoms with Crippen molar-refractivity contribution in [3.8, 4) is 0 Å². The fourth-order valence-electron chi connectivity index (χ4n) is 1.60. The van der Waals surface area contributed by atoms with Gasteiger partial charge in [-0.05, 0) is 18.2 Å². The Hall–Kier alpha value is -1.56. The Morgan fingerprint density at radius 1 is 1.05 bits per heavy atom. The minimum atomic E-state index is -3.74. The molecule has 0 bridgehead atoms. The van der Waals surface area contributed by atoms with Crippen molar-refractivity contribution < 1.29 is 8.42 Å². The second kappa shape index (κ2) is 6.47. The van der Waals surface area contributed by atoms with Gasteiger partial charge in [0, 0.05) is 12.6 Å². The highest BCUT2D eigenvalue weighted by Gasteiger charge is 2.20. The molecular formula is C14H12Cl2N2O2S. The molecule has 0 aromatic heterocycles. The molecular weight excluding hydrogens is 331 g/mol. The number of hydrogen-bond donors (Lipinski definition) is 0. The molecule has 2 aromatic carbocycles. The van der Waals surface area contributed by atoms with Crippen molar-refractivity contribution >= 4 is 38.4 Å². The lowest BCUT2D eigenvalue weighted by Gasteiger charge is -2.14. The number of rotatable bonds is 4. The molecule has 21 heavy (non-hydrogen) atoms. The maximum Gasteiger partial charge on any atom is 0.278 e. The van der Waals surface area contributed by atoms with Crippen LogP contribution in [0.25, 0.3) is 0 Å². The van der Waals surface area contributed by atoms with Gasteiger partial charge in [0.15, 0.2) is 5.17 Å². The summed E-state index contributed by atoms with van der Waals surface area (Å²) in [7, 11) is -2.42. The molecule has 0 fully saturated rings. The zero-order valence-corrected chi connectivity index (χ0v) is 13.4. The lowest BCUT2D eigenvalue weighted by Crippen LogP contribution is -2.22. The van der Waals surface area contributed by atoms with Gasteiger partial charge in [-0.2, -0.15) is 12.8 Å². The van der Waals surface area contributed by atoms with Crippen LogP contribution >= 0.6 is 23.2 Å². The van der Waals surface area contributed by atoms with E-state index in [1.165, 1.54) is 19.2 Å². The van der Waals surface area contributed by atoms with Gasteiger partial charge in [-0.3, -0.25) is 0 Å². The maximum absolute atomic E-state index is 12.3. The average molecular weight is 343 g/mol. The van der Waals surface area contributed by atoms with Gasteiger partial charge >= 0.3 is 0 Å². The van der Waals surface area contributed by atoms with Gasteiger partial charge in [0.05, 0.1) is 9.92 Å². The fourth-order valence-corrected chi connectivity index (χ4v) is 3.20. The summed E-state index contributed by atoms with van der Waals surface area (Å²) in [4.78, 5) is 0.139. The predicted molar refractivity (Wildman–Crippen MR) is 85.2 cm³/mol. The van der Waals surface area contributed by atoms with Crippen molar-refractivity contribution in [1.82, 2.24) is 4.41 Å². The van der Waals surface area contributed by atoms with E-state index in [1.54, 1.807) is 42.5 Å². The third-order valence-electron chi connectivity index (χ3n) is 2.71. The van der Waals surface area contributed by atoms with Gasteiger partial charge in [-0.15, -0.1) is 5.10 Å². The number of nitrogens with zero attached hydrogens (tertiary/aromatic N) is 2. The van der Waals surface area contributed by atoms with E-state index in [9.17, 15) is 8.42 Å². The summed E-state index contributed by atoms with van der Waals surface area (Å²) < 4.78 is 25.4. The lowest BCUT2D eigenvalue weighted by atomic mass is 10.2. The SMILES string of the molecule is CN(/N=C(\Cl)c1ccccc1Cl)S(=O)(=O)c1ccccc1. The van der Waals surface area contributed by atoms with E-state index in [0.29, 0.717) is 10.6 Å². The van der Waals surface area contributed by atoms with Crippen LogP contribution in [-0.4, -0.2) is 25.1 Å². The normalized spacial score (nSPS) is 12.2. The Labute approximate surface area is 133 Å². The molecule has 0 aliphatic carbocycles. The minimum Gasteiger partial charge on any atom is -0.200 e. The van der Waals surface area contributed by atoms with Crippen molar-refractivity contribution in [3.63, 3.8) is 0 Å². The van der Waals surface area contributed by atoms with Crippen LogP contribution in [0.4, 0.5) is 0 Å². The summed E-state index contributed by atoms with van der Waals surface area (Å²) in [6, 6.07) is 14.8. The Morgan fingerprint density at radius 2 is 1.62 bits per heavy atom. The zero-order valence-electron chi connectivity index (χ0n) is 11.1. The summed E-state index contributed by atoms with van der Waals surface area (Å²) in [6.45, 7) is 0. The van der Waals surface area contributed by atoms with Gasteiger partial charge in [0.25, 0.3) is 10.0 Å². The van der Waals surface area contributed by atoms with Gasteiger partial charge in [-0.1, -0.05) is 59.6 Å². The number of halogens is 2. The molecule has 7 heteroatoms. The monoisotopic (exact) mass is 342 g/mol. The highest BCUT2D eigenvalue weighted by Crippen LogP contribution is 2.20. The highest BCUT2D eigenvalue weighted by molar-refractivity contribution is 7.89. The molecule has 4 nitrogen and oxygen atoms in total. The summed E-state index contributed by atoms with van der Waals surface area (Å²) in [5, 5.41) is 4.30. The van der Waals surface area contributed by atoms with E-state index < -0.39 is 10.0 Å².